The van der Waals surface area contributed by atoms with Crippen LogP contribution in [0.25, 0.3) is 0 Å². The zero-order chi connectivity index (χ0) is 29.3. The molecule has 0 spiro atoms. The molecule has 0 saturated carbocycles. The van der Waals surface area contributed by atoms with Crippen LogP contribution in [0.5, 0.6) is 0 Å². The lowest BCUT2D eigenvalue weighted by Gasteiger charge is -2.34. The summed E-state index contributed by atoms with van der Waals surface area (Å²) in [6, 6.07) is 5.83. The Balaban J connectivity index is 2.37. The molecule has 1 saturated heterocycles. The van der Waals surface area contributed by atoms with E-state index in [1.807, 2.05) is 44.2 Å². The zero-order valence-corrected chi connectivity index (χ0v) is 23.9. The van der Waals surface area contributed by atoms with Gasteiger partial charge in [0.15, 0.2) is 0 Å². The van der Waals surface area contributed by atoms with Crippen molar-refractivity contribution in [3.05, 3.63) is 35.9 Å². The van der Waals surface area contributed by atoms with E-state index in [0.29, 0.717) is 6.42 Å². The lowest BCUT2D eigenvalue weighted by Crippen LogP contribution is -2.59. The van der Waals surface area contributed by atoms with Crippen molar-refractivity contribution in [1.82, 2.24) is 25.8 Å². The molecule has 0 bridgehead atoms. The van der Waals surface area contributed by atoms with Crippen LogP contribution in [-0.4, -0.2) is 90.2 Å². The molecule has 5 N–H and O–H groups in total. The molecule has 5 amide bonds. The highest BCUT2D eigenvalue weighted by Crippen LogP contribution is 2.12. The Labute approximate surface area is 231 Å². The van der Waals surface area contributed by atoms with Crippen LogP contribution in [0.2, 0.25) is 0 Å². The molecule has 39 heavy (non-hydrogen) atoms. The molecule has 0 aliphatic carbocycles. The predicted molar refractivity (Wildman–Crippen MR) is 148 cm³/mol. The molecule has 0 radical (unpaired) electrons. The molecule has 216 valence electrons. The van der Waals surface area contributed by atoms with Gasteiger partial charge in [0.1, 0.15) is 18.1 Å². The van der Waals surface area contributed by atoms with Crippen LogP contribution in [0.3, 0.4) is 0 Å². The van der Waals surface area contributed by atoms with Crippen molar-refractivity contribution >= 4 is 29.5 Å². The molecule has 1 aliphatic heterocycles. The third kappa shape index (κ3) is 9.05. The monoisotopic (exact) mass is 544 g/mol. The Kier molecular flexibility index (Phi) is 11.9. The van der Waals surface area contributed by atoms with Gasteiger partial charge in [0.25, 0.3) is 0 Å². The minimum absolute atomic E-state index is 0.145. The van der Waals surface area contributed by atoms with Crippen LogP contribution in [0.15, 0.2) is 30.3 Å². The SMILES string of the molecule is CC(C)[C@H](N)C(=O)N1CCCNC(=O)[C@H](Cc2ccccc2)NC(=O)CN(C)C(=O)[C@H](C(C)C)NC(=O)[C@H]1C. The maximum atomic E-state index is 13.3. The number of nitrogens with one attached hydrogen (secondary N) is 3. The van der Waals surface area contributed by atoms with E-state index in [1.165, 1.54) is 16.8 Å². The Morgan fingerprint density at radius 2 is 1.67 bits per heavy atom. The largest absolute Gasteiger partial charge is 0.354 e. The number of benzene rings is 1. The fraction of sp³-hybridized carbons (Fsp3) is 0.607. The second kappa shape index (κ2) is 14.6. The fourth-order valence-electron chi connectivity index (χ4n) is 4.31. The van der Waals surface area contributed by atoms with Crippen LogP contribution in [0, 0.1) is 11.8 Å². The van der Waals surface area contributed by atoms with Crippen molar-refractivity contribution in [2.75, 3.05) is 26.7 Å². The maximum absolute atomic E-state index is 13.3. The number of carbonyl (C=O) groups is 5. The Hall–Kier alpha value is -3.47. The number of likely N-dealkylation sites (N-methyl/N-ethyl adjacent to an activating group) is 1. The van der Waals surface area contributed by atoms with Crippen molar-refractivity contribution in [2.24, 2.45) is 17.6 Å². The van der Waals surface area contributed by atoms with Gasteiger partial charge in [-0.25, -0.2) is 0 Å². The number of amides is 5. The predicted octanol–water partition coefficient (Wildman–Crippen LogP) is 0.0334. The minimum Gasteiger partial charge on any atom is -0.354 e. The van der Waals surface area contributed by atoms with Crippen molar-refractivity contribution in [3.63, 3.8) is 0 Å². The van der Waals surface area contributed by atoms with Gasteiger partial charge >= 0.3 is 0 Å². The number of hydrogen-bond donors (Lipinski definition) is 4. The summed E-state index contributed by atoms with van der Waals surface area (Å²) in [6.07, 6.45) is 0.632. The first kappa shape index (κ1) is 31.7. The lowest BCUT2D eigenvalue weighted by molar-refractivity contribution is -0.144. The van der Waals surface area contributed by atoms with Crippen LogP contribution in [-0.2, 0) is 30.4 Å². The van der Waals surface area contributed by atoms with E-state index in [2.05, 4.69) is 16.0 Å². The van der Waals surface area contributed by atoms with Crippen molar-refractivity contribution in [1.29, 1.82) is 0 Å². The average molecular weight is 545 g/mol. The van der Waals surface area contributed by atoms with Crippen molar-refractivity contribution in [3.8, 4) is 0 Å². The number of carbonyl (C=O) groups excluding carboxylic acids is 5. The minimum atomic E-state index is -0.912. The second-order valence-corrected chi connectivity index (χ2v) is 10.9. The summed E-state index contributed by atoms with van der Waals surface area (Å²) in [5, 5.41) is 8.36. The Bertz CT molecular complexity index is 1010. The van der Waals surface area contributed by atoms with Gasteiger partial charge in [-0.3, -0.25) is 24.0 Å². The first-order valence-electron chi connectivity index (χ1n) is 13.6. The van der Waals surface area contributed by atoms with Crippen LogP contribution < -0.4 is 21.7 Å². The molecule has 1 aromatic carbocycles. The molecule has 11 nitrogen and oxygen atoms in total. The van der Waals surface area contributed by atoms with Gasteiger partial charge in [-0.2, -0.15) is 0 Å². The number of rotatable bonds is 5. The van der Waals surface area contributed by atoms with Crippen molar-refractivity contribution in [2.45, 2.75) is 71.6 Å². The molecule has 1 fully saturated rings. The standard InChI is InChI=1S/C28H44N6O5/c1-17(2)23(29)27(38)34-14-10-13-30-26(37)21(15-20-11-8-7-9-12-20)31-22(35)16-33(6)28(39)24(18(3)4)32-25(36)19(34)5/h7-9,11-12,17-19,21,23-24H,10,13-16,29H2,1-6H3,(H,30,37)(H,31,35)(H,32,36)/t19-,21+,23+,24+/m1/s1. The second-order valence-electron chi connectivity index (χ2n) is 10.9. The third-order valence-electron chi connectivity index (χ3n) is 6.93. The lowest BCUT2D eigenvalue weighted by atomic mass is 10.0. The molecular weight excluding hydrogens is 500 g/mol. The Morgan fingerprint density at radius 1 is 1.03 bits per heavy atom. The first-order chi connectivity index (χ1) is 18.3. The molecule has 1 heterocycles. The summed E-state index contributed by atoms with van der Waals surface area (Å²) in [5.41, 5.74) is 7.01. The highest BCUT2D eigenvalue weighted by molar-refractivity contribution is 5.95. The van der Waals surface area contributed by atoms with E-state index in [9.17, 15) is 24.0 Å². The number of hydrogen-bond acceptors (Lipinski definition) is 6. The first-order valence-corrected chi connectivity index (χ1v) is 13.6. The molecule has 11 heteroatoms. The van der Waals surface area contributed by atoms with Gasteiger partial charge in [0, 0.05) is 26.6 Å². The highest BCUT2D eigenvalue weighted by atomic mass is 16.2. The third-order valence-corrected chi connectivity index (χ3v) is 6.93. The van der Waals surface area contributed by atoms with E-state index in [4.69, 9.17) is 5.73 Å². The van der Waals surface area contributed by atoms with Crippen LogP contribution in [0.4, 0.5) is 0 Å². The normalized spacial score (nSPS) is 23.4. The molecule has 4 atom stereocenters. The fourth-order valence-corrected chi connectivity index (χ4v) is 4.31. The molecular formula is C28H44N6O5. The molecule has 2 rings (SSSR count). The van der Waals surface area contributed by atoms with E-state index < -0.39 is 41.9 Å². The van der Waals surface area contributed by atoms with Crippen molar-refractivity contribution < 1.29 is 24.0 Å². The maximum Gasteiger partial charge on any atom is 0.245 e. The molecule has 1 aromatic rings. The Morgan fingerprint density at radius 3 is 2.26 bits per heavy atom. The summed E-state index contributed by atoms with van der Waals surface area (Å²) in [5.74, 6) is -2.62. The van der Waals surface area contributed by atoms with E-state index in [-0.39, 0.29) is 49.7 Å². The van der Waals surface area contributed by atoms with Crippen LogP contribution in [0.1, 0.15) is 46.6 Å². The summed E-state index contributed by atoms with van der Waals surface area (Å²) in [4.78, 5) is 68.4. The van der Waals surface area contributed by atoms with Gasteiger partial charge in [0.2, 0.25) is 29.5 Å². The quantitative estimate of drug-likeness (QED) is 0.410. The van der Waals surface area contributed by atoms with Gasteiger partial charge in [-0.05, 0) is 30.7 Å². The van der Waals surface area contributed by atoms with E-state index in [0.717, 1.165) is 5.56 Å². The van der Waals surface area contributed by atoms with Gasteiger partial charge in [-0.1, -0.05) is 58.0 Å². The average Bonchev–Trinajstić information content (AvgIpc) is 2.89. The highest BCUT2D eigenvalue weighted by Gasteiger charge is 2.35. The molecule has 1 aliphatic rings. The van der Waals surface area contributed by atoms with Crippen LogP contribution >= 0.6 is 0 Å². The topological polar surface area (TPSA) is 154 Å². The van der Waals surface area contributed by atoms with E-state index >= 15 is 0 Å². The van der Waals surface area contributed by atoms with Gasteiger partial charge in [0.05, 0.1) is 12.6 Å². The smallest absolute Gasteiger partial charge is 0.245 e. The van der Waals surface area contributed by atoms with Gasteiger partial charge in [-0.15, -0.1) is 0 Å². The number of nitrogens with two attached hydrogens (primary N) is 1. The summed E-state index contributed by atoms with van der Waals surface area (Å²) >= 11 is 0. The summed E-state index contributed by atoms with van der Waals surface area (Å²) in [7, 11) is 1.47. The number of nitrogens with zero attached hydrogens (tertiary/aromatic N) is 2. The molecule has 0 aromatic heterocycles. The van der Waals surface area contributed by atoms with Gasteiger partial charge < -0.3 is 31.5 Å². The molecule has 0 unspecified atom stereocenters. The summed E-state index contributed by atoms with van der Waals surface area (Å²) < 4.78 is 0. The van der Waals surface area contributed by atoms with E-state index in [1.54, 1.807) is 20.8 Å². The zero-order valence-electron chi connectivity index (χ0n) is 23.9. The summed E-state index contributed by atoms with van der Waals surface area (Å²) in [6.45, 7) is 8.93.